The third-order valence-electron chi connectivity index (χ3n) is 5.44. The molecular weight excluding hydrogens is 480 g/mol. The minimum atomic E-state index is -0.724. The molecule has 8 nitrogen and oxygen atoms in total. The van der Waals surface area contributed by atoms with Crippen LogP contribution >= 0.6 is 11.3 Å². The number of thiazole rings is 1. The molecule has 1 aliphatic rings. The van der Waals surface area contributed by atoms with Gasteiger partial charge < -0.3 is 14.2 Å². The molecule has 0 saturated carbocycles. The number of hydrogen-bond acceptors (Lipinski definition) is 8. The lowest BCUT2D eigenvalue weighted by Crippen LogP contribution is -2.39. The second-order valence-electron chi connectivity index (χ2n) is 7.90. The van der Waals surface area contributed by atoms with Gasteiger partial charge in [-0.25, -0.2) is 9.79 Å². The normalized spacial score (nSPS) is 15.1. The van der Waals surface area contributed by atoms with Gasteiger partial charge in [0.25, 0.3) is 5.56 Å². The van der Waals surface area contributed by atoms with Gasteiger partial charge in [-0.2, -0.15) is 0 Å². The zero-order valence-electron chi connectivity index (χ0n) is 20.0. The largest absolute Gasteiger partial charge is 0.497 e. The Morgan fingerprint density at radius 2 is 1.78 bits per heavy atom. The van der Waals surface area contributed by atoms with Crippen LogP contribution in [-0.4, -0.2) is 30.2 Å². The highest BCUT2D eigenvalue weighted by molar-refractivity contribution is 7.07. The summed E-state index contributed by atoms with van der Waals surface area (Å²) in [5.74, 6) is 0.0958. The molecule has 0 saturated heterocycles. The minimum Gasteiger partial charge on any atom is -0.497 e. The first-order chi connectivity index (χ1) is 17.3. The van der Waals surface area contributed by atoms with Crippen molar-refractivity contribution in [2.75, 3.05) is 13.7 Å². The van der Waals surface area contributed by atoms with Crippen LogP contribution in [0.3, 0.4) is 0 Å². The molecular formula is C27H24N2O6S. The van der Waals surface area contributed by atoms with Gasteiger partial charge in [-0.3, -0.25) is 14.2 Å². The van der Waals surface area contributed by atoms with Gasteiger partial charge in [0.15, 0.2) is 4.80 Å². The lowest BCUT2D eigenvalue weighted by molar-refractivity contribution is -0.138. The van der Waals surface area contributed by atoms with Crippen molar-refractivity contribution in [3.8, 4) is 11.5 Å². The van der Waals surface area contributed by atoms with E-state index in [1.807, 2.05) is 12.1 Å². The number of hydrogen-bond donors (Lipinski definition) is 0. The Balaban J connectivity index is 1.84. The van der Waals surface area contributed by atoms with Gasteiger partial charge >= 0.3 is 11.9 Å². The van der Waals surface area contributed by atoms with Crippen molar-refractivity contribution in [3.63, 3.8) is 0 Å². The van der Waals surface area contributed by atoms with Crippen LogP contribution in [0.5, 0.6) is 11.5 Å². The highest BCUT2D eigenvalue weighted by Crippen LogP contribution is 2.31. The maximum Gasteiger partial charge on any atom is 0.338 e. The Hall–Kier alpha value is -4.24. The van der Waals surface area contributed by atoms with Crippen LogP contribution in [0, 0.1) is 0 Å². The predicted octanol–water partition coefficient (Wildman–Crippen LogP) is 2.90. The summed E-state index contributed by atoms with van der Waals surface area (Å²) in [5, 5.41) is 0. The summed E-state index contributed by atoms with van der Waals surface area (Å²) < 4.78 is 17.6. The van der Waals surface area contributed by atoms with Crippen molar-refractivity contribution in [2.45, 2.75) is 19.9 Å². The molecule has 2 aromatic carbocycles. The average molecular weight is 505 g/mol. The van der Waals surface area contributed by atoms with Crippen molar-refractivity contribution >= 4 is 29.4 Å². The molecule has 2 heterocycles. The van der Waals surface area contributed by atoms with Crippen LogP contribution in [0.4, 0.5) is 0 Å². The smallest absolute Gasteiger partial charge is 0.338 e. The van der Waals surface area contributed by atoms with Gasteiger partial charge in [0.05, 0.1) is 29.0 Å². The number of aromatic nitrogens is 1. The van der Waals surface area contributed by atoms with E-state index < -0.39 is 18.0 Å². The van der Waals surface area contributed by atoms with Gasteiger partial charge in [0.1, 0.15) is 18.1 Å². The van der Waals surface area contributed by atoms with Crippen molar-refractivity contribution in [2.24, 2.45) is 4.99 Å². The number of esters is 2. The molecule has 1 aromatic heterocycles. The zero-order chi connectivity index (χ0) is 25.8. The molecule has 0 aliphatic carbocycles. The van der Waals surface area contributed by atoms with Crippen LogP contribution in [-0.2, 0) is 14.3 Å². The van der Waals surface area contributed by atoms with E-state index in [-0.39, 0.29) is 17.7 Å². The van der Waals surface area contributed by atoms with Gasteiger partial charge in [-0.15, -0.1) is 0 Å². The van der Waals surface area contributed by atoms with E-state index in [2.05, 4.69) is 11.6 Å². The summed E-state index contributed by atoms with van der Waals surface area (Å²) >= 11 is 1.23. The molecule has 9 heteroatoms. The molecule has 1 aliphatic heterocycles. The Kier molecular flexibility index (Phi) is 7.30. The molecule has 1 atom stereocenters. The second-order valence-corrected chi connectivity index (χ2v) is 8.91. The Labute approximate surface area is 211 Å². The van der Waals surface area contributed by atoms with E-state index in [0.717, 1.165) is 5.56 Å². The van der Waals surface area contributed by atoms with Gasteiger partial charge in [-0.1, -0.05) is 48.3 Å². The number of ether oxygens (including phenoxy) is 3. The number of allylic oxidation sites excluding steroid dienone is 1. The van der Waals surface area contributed by atoms with E-state index in [9.17, 15) is 14.4 Å². The van der Waals surface area contributed by atoms with Crippen LogP contribution in [0.1, 0.15) is 31.0 Å². The highest BCUT2D eigenvalue weighted by atomic mass is 32.1. The first-order valence-electron chi connectivity index (χ1n) is 11.1. The monoisotopic (exact) mass is 504 g/mol. The molecule has 0 amide bonds. The fourth-order valence-corrected chi connectivity index (χ4v) is 4.89. The number of nitrogens with zero attached hydrogens (tertiary/aromatic N) is 2. The van der Waals surface area contributed by atoms with E-state index in [4.69, 9.17) is 14.2 Å². The summed E-state index contributed by atoms with van der Waals surface area (Å²) in [7, 11) is 1.57. The third-order valence-corrected chi connectivity index (χ3v) is 6.43. The Morgan fingerprint density at radius 1 is 1.11 bits per heavy atom. The molecule has 36 heavy (non-hydrogen) atoms. The van der Waals surface area contributed by atoms with Crippen LogP contribution in [0.15, 0.2) is 82.2 Å². The molecule has 0 fully saturated rings. The SMILES string of the molecule is C=CCOC(=O)C1=C(C)N=c2s/c(=C/c3ccc(OC(C)=O)cc3)c(=O)n2[C@@H]1c1ccc(OC)cc1. The van der Waals surface area contributed by atoms with Crippen LogP contribution in [0.25, 0.3) is 6.08 Å². The van der Waals surface area contributed by atoms with Gasteiger partial charge in [0.2, 0.25) is 0 Å². The van der Waals surface area contributed by atoms with Crippen LogP contribution < -0.4 is 24.4 Å². The summed E-state index contributed by atoms with van der Waals surface area (Å²) in [6, 6.07) is 13.3. The summed E-state index contributed by atoms with van der Waals surface area (Å²) in [6.45, 7) is 6.69. The van der Waals surface area contributed by atoms with Crippen molar-refractivity contribution in [3.05, 3.63) is 103 Å². The predicted molar refractivity (Wildman–Crippen MR) is 136 cm³/mol. The molecule has 0 spiro atoms. The van der Waals surface area contributed by atoms with Crippen molar-refractivity contribution < 1.29 is 23.8 Å². The fraction of sp³-hybridized carbons (Fsp3) is 0.185. The maximum atomic E-state index is 13.6. The molecule has 0 radical (unpaired) electrons. The molecule has 3 aromatic rings. The topological polar surface area (TPSA) is 96.2 Å². The maximum absolute atomic E-state index is 13.6. The first kappa shape index (κ1) is 24.9. The van der Waals surface area contributed by atoms with E-state index in [1.165, 1.54) is 28.9 Å². The number of fused-ring (bicyclic) bond motifs is 1. The molecule has 184 valence electrons. The lowest BCUT2D eigenvalue weighted by Gasteiger charge is -2.24. The number of benzene rings is 2. The summed E-state index contributed by atoms with van der Waals surface area (Å²) in [4.78, 5) is 42.9. The third kappa shape index (κ3) is 5.06. The molecule has 0 bridgehead atoms. The standard InChI is InChI=1S/C27H24N2O6S/c1-5-14-34-26(32)23-16(2)28-27-29(24(23)19-8-12-20(33-4)13-9-19)25(31)22(36-27)15-18-6-10-21(11-7-18)35-17(3)30/h5-13,15,24H,1,14H2,2-4H3/b22-15+/t24-/m1/s1. The van der Waals surface area contributed by atoms with Crippen molar-refractivity contribution in [1.82, 2.24) is 4.57 Å². The van der Waals surface area contributed by atoms with Gasteiger partial charge in [0, 0.05) is 6.92 Å². The highest BCUT2D eigenvalue weighted by Gasteiger charge is 2.33. The lowest BCUT2D eigenvalue weighted by atomic mass is 9.96. The van der Waals surface area contributed by atoms with Crippen molar-refractivity contribution in [1.29, 1.82) is 0 Å². The fourth-order valence-electron chi connectivity index (χ4n) is 3.85. The summed E-state index contributed by atoms with van der Waals surface area (Å²) in [6.07, 6.45) is 3.22. The average Bonchev–Trinajstić information content (AvgIpc) is 3.16. The van der Waals surface area contributed by atoms with Gasteiger partial charge in [-0.05, 0) is 48.4 Å². The Bertz CT molecular complexity index is 1530. The number of carbonyl (C=O) groups excluding carboxylic acids is 2. The van der Waals surface area contributed by atoms with Crippen LogP contribution in [0.2, 0.25) is 0 Å². The molecule has 0 N–H and O–H groups in total. The number of carbonyl (C=O) groups is 2. The van der Waals surface area contributed by atoms with E-state index >= 15 is 0 Å². The number of methoxy groups -OCH3 is 1. The first-order valence-corrected chi connectivity index (χ1v) is 11.9. The van der Waals surface area contributed by atoms with E-state index in [0.29, 0.717) is 32.1 Å². The summed E-state index contributed by atoms with van der Waals surface area (Å²) in [5.41, 5.74) is 1.94. The molecule has 4 rings (SSSR count). The second kappa shape index (κ2) is 10.6. The zero-order valence-corrected chi connectivity index (χ0v) is 20.8. The number of rotatable bonds is 7. The van der Waals surface area contributed by atoms with E-state index in [1.54, 1.807) is 56.5 Å². The molecule has 0 unspecified atom stereocenters. The quantitative estimate of drug-likeness (QED) is 0.279. The Morgan fingerprint density at radius 3 is 2.39 bits per heavy atom. The minimum absolute atomic E-state index is 0.0404.